The first-order valence-electron chi connectivity index (χ1n) is 6.83. The standard InChI is InChI=1S/C17H19NO2/c1-19-14-8-13(9-15(10-14)20-2)11-3-5-16-12(7-11)4-6-17(16)18/h3,5,7-10,17H,4,6,18H2,1-2H3. The third-order valence-corrected chi connectivity index (χ3v) is 3.95. The van der Waals surface area contributed by atoms with E-state index in [9.17, 15) is 0 Å². The first-order valence-corrected chi connectivity index (χ1v) is 6.83. The van der Waals surface area contributed by atoms with Gasteiger partial charge in [0.05, 0.1) is 14.2 Å². The Morgan fingerprint density at radius 2 is 1.65 bits per heavy atom. The third kappa shape index (κ3) is 2.25. The van der Waals surface area contributed by atoms with Crippen molar-refractivity contribution in [1.29, 1.82) is 0 Å². The Balaban J connectivity index is 2.05. The fourth-order valence-electron chi connectivity index (χ4n) is 2.80. The Bertz CT molecular complexity index is 615. The van der Waals surface area contributed by atoms with E-state index in [0.717, 1.165) is 29.9 Å². The maximum absolute atomic E-state index is 6.09. The van der Waals surface area contributed by atoms with E-state index in [1.54, 1.807) is 14.2 Å². The Labute approximate surface area is 119 Å². The summed E-state index contributed by atoms with van der Waals surface area (Å²) in [6, 6.07) is 12.6. The summed E-state index contributed by atoms with van der Waals surface area (Å²) in [6.07, 6.45) is 2.10. The van der Waals surface area contributed by atoms with E-state index in [-0.39, 0.29) is 6.04 Å². The van der Waals surface area contributed by atoms with Gasteiger partial charge < -0.3 is 15.2 Å². The Kier molecular flexibility index (Phi) is 3.36. The Hall–Kier alpha value is -2.00. The van der Waals surface area contributed by atoms with Gasteiger partial charge in [0.2, 0.25) is 0 Å². The number of fused-ring (bicyclic) bond motifs is 1. The molecule has 0 heterocycles. The number of benzene rings is 2. The molecule has 20 heavy (non-hydrogen) atoms. The lowest BCUT2D eigenvalue weighted by Crippen LogP contribution is -2.04. The molecule has 0 saturated carbocycles. The molecule has 0 aliphatic heterocycles. The summed E-state index contributed by atoms with van der Waals surface area (Å²) in [5.41, 5.74) is 11.0. The van der Waals surface area contributed by atoms with Gasteiger partial charge >= 0.3 is 0 Å². The summed E-state index contributed by atoms with van der Waals surface area (Å²) < 4.78 is 10.7. The van der Waals surface area contributed by atoms with Crippen LogP contribution in [0.3, 0.4) is 0 Å². The van der Waals surface area contributed by atoms with Gasteiger partial charge in [0.15, 0.2) is 0 Å². The predicted molar refractivity (Wildman–Crippen MR) is 80.2 cm³/mol. The molecule has 2 aromatic rings. The summed E-state index contributed by atoms with van der Waals surface area (Å²) in [7, 11) is 3.33. The summed E-state index contributed by atoms with van der Waals surface area (Å²) in [4.78, 5) is 0. The number of nitrogens with two attached hydrogens (primary N) is 1. The fourth-order valence-corrected chi connectivity index (χ4v) is 2.80. The highest BCUT2D eigenvalue weighted by molar-refractivity contribution is 5.69. The summed E-state index contributed by atoms with van der Waals surface area (Å²) in [5.74, 6) is 1.60. The van der Waals surface area contributed by atoms with Crippen molar-refractivity contribution in [3.63, 3.8) is 0 Å². The van der Waals surface area contributed by atoms with Gasteiger partial charge in [-0.25, -0.2) is 0 Å². The highest BCUT2D eigenvalue weighted by Crippen LogP contribution is 2.35. The van der Waals surface area contributed by atoms with E-state index in [1.165, 1.54) is 16.7 Å². The van der Waals surface area contributed by atoms with Crippen molar-refractivity contribution in [2.75, 3.05) is 14.2 Å². The van der Waals surface area contributed by atoms with Crippen LogP contribution in [-0.4, -0.2) is 14.2 Å². The van der Waals surface area contributed by atoms with Crippen LogP contribution in [-0.2, 0) is 6.42 Å². The molecule has 3 heteroatoms. The highest BCUT2D eigenvalue weighted by Gasteiger charge is 2.19. The van der Waals surface area contributed by atoms with E-state index in [0.29, 0.717) is 0 Å². The second-order valence-corrected chi connectivity index (χ2v) is 5.16. The lowest BCUT2D eigenvalue weighted by Gasteiger charge is -2.11. The molecule has 0 radical (unpaired) electrons. The number of aryl methyl sites for hydroxylation is 1. The molecule has 3 rings (SSSR count). The zero-order chi connectivity index (χ0) is 14.1. The number of rotatable bonds is 3. The van der Waals surface area contributed by atoms with Crippen molar-refractivity contribution >= 4 is 0 Å². The largest absolute Gasteiger partial charge is 0.497 e. The maximum Gasteiger partial charge on any atom is 0.123 e. The van der Waals surface area contributed by atoms with E-state index >= 15 is 0 Å². The molecule has 1 aliphatic carbocycles. The van der Waals surface area contributed by atoms with Crippen molar-refractivity contribution in [3.05, 3.63) is 47.5 Å². The van der Waals surface area contributed by atoms with Crippen molar-refractivity contribution in [2.24, 2.45) is 5.73 Å². The Morgan fingerprint density at radius 1 is 0.950 bits per heavy atom. The van der Waals surface area contributed by atoms with Crippen LogP contribution in [0, 0.1) is 0 Å². The molecule has 2 N–H and O–H groups in total. The Morgan fingerprint density at radius 3 is 2.30 bits per heavy atom. The first kappa shape index (κ1) is 13.0. The molecule has 1 unspecified atom stereocenters. The van der Waals surface area contributed by atoms with Crippen molar-refractivity contribution in [3.8, 4) is 22.6 Å². The zero-order valence-electron chi connectivity index (χ0n) is 11.8. The quantitative estimate of drug-likeness (QED) is 0.929. The molecule has 104 valence electrons. The topological polar surface area (TPSA) is 44.5 Å². The average molecular weight is 269 g/mol. The minimum absolute atomic E-state index is 0.193. The van der Waals surface area contributed by atoms with E-state index < -0.39 is 0 Å². The van der Waals surface area contributed by atoms with Crippen molar-refractivity contribution in [2.45, 2.75) is 18.9 Å². The third-order valence-electron chi connectivity index (χ3n) is 3.95. The number of hydrogen-bond donors (Lipinski definition) is 1. The lowest BCUT2D eigenvalue weighted by molar-refractivity contribution is 0.394. The van der Waals surface area contributed by atoms with Gasteiger partial charge in [-0.05, 0) is 47.2 Å². The van der Waals surface area contributed by atoms with Crippen LogP contribution in [0.1, 0.15) is 23.6 Å². The second kappa shape index (κ2) is 5.17. The van der Waals surface area contributed by atoms with Gasteiger partial charge in [-0.15, -0.1) is 0 Å². The van der Waals surface area contributed by atoms with Gasteiger partial charge in [-0.1, -0.05) is 18.2 Å². The molecule has 0 fully saturated rings. The van der Waals surface area contributed by atoms with Gasteiger partial charge in [-0.3, -0.25) is 0 Å². The van der Waals surface area contributed by atoms with Gasteiger partial charge in [0.1, 0.15) is 11.5 Å². The van der Waals surface area contributed by atoms with Crippen LogP contribution in [0.4, 0.5) is 0 Å². The van der Waals surface area contributed by atoms with Crippen molar-refractivity contribution < 1.29 is 9.47 Å². The molecule has 0 bridgehead atoms. The zero-order valence-corrected chi connectivity index (χ0v) is 11.8. The molecule has 2 aromatic carbocycles. The smallest absolute Gasteiger partial charge is 0.123 e. The van der Waals surface area contributed by atoms with Gasteiger partial charge in [0, 0.05) is 12.1 Å². The van der Waals surface area contributed by atoms with Crippen LogP contribution in [0.5, 0.6) is 11.5 Å². The first-order chi connectivity index (χ1) is 9.71. The molecule has 0 aromatic heterocycles. The monoisotopic (exact) mass is 269 g/mol. The van der Waals surface area contributed by atoms with Gasteiger partial charge in [-0.2, -0.15) is 0 Å². The molecule has 0 saturated heterocycles. The SMILES string of the molecule is COc1cc(OC)cc(-c2ccc3c(c2)CCC3N)c1. The van der Waals surface area contributed by atoms with Crippen LogP contribution >= 0.6 is 0 Å². The summed E-state index contributed by atoms with van der Waals surface area (Å²) in [5, 5.41) is 0. The molecule has 0 spiro atoms. The summed E-state index contributed by atoms with van der Waals surface area (Å²) >= 11 is 0. The number of methoxy groups -OCH3 is 2. The van der Waals surface area contributed by atoms with Crippen molar-refractivity contribution in [1.82, 2.24) is 0 Å². The van der Waals surface area contributed by atoms with Crippen LogP contribution in [0.2, 0.25) is 0 Å². The van der Waals surface area contributed by atoms with Gasteiger partial charge in [0.25, 0.3) is 0 Å². The molecule has 1 aliphatic rings. The van der Waals surface area contributed by atoms with Crippen LogP contribution in [0.25, 0.3) is 11.1 Å². The number of ether oxygens (including phenoxy) is 2. The molecule has 1 atom stereocenters. The van der Waals surface area contributed by atoms with E-state index in [2.05, 4.69) is 18.2 Å². The van der Waals surface area contributed by atoms with Crippen LogP contribution < -0.4 is 15.2 Å². The minimum Gasteiger partial charge on any atom is -0.497 e. The summed E-state index contributed by atoms with van der Waals surface area (Å²) in [6.45, 7) is 0. The molecule has 3 nitrogen and oxygen atoms in total. The second-order valence-electron chi connectivity index (χ2n) is 5.16. The van der Waals surface area contributed by atoms with E-state index in [1.807, 2.05) is 18.2 Å². The molecule has 0 amide bonds. The van der Waals surface area contributed by atoms with E-state index in [4.69, 9.17) is 15.2 Å². The normalized spacial score (nSPS) is 16.9. The molecular formula is C17H19NO2. The minimum atomic E-state index is 0.193. The predicted octanol–water partition coefficient (Wildman–Crippen LogP) is 3.32. The highest BCUT2D eigenvalue weighted by atomic mass is 16.5. The fraction of sp³-hybridized carbons (Fsp3) is 0.294. The number of hydrogen-bond acceptors (Lipinski definition) is 3. The molecular weight excluding hydrogens is 250 g/mol. The average Bonchev–Trinajstić information content (AvgIpc) is 2.87. The lowest BCUT2D eigenvalue weighted by atomic mass is 9.99. The maximum atomic E-state index is 6.09. The van der Waals surface area contributed by atoms with Crippen LogP contribution in [0.15, 0.2) is 36.4 Å².